The first kappa shape index (κ1) is 17.5. The highest BCUT2D eigenvalue weighted by atomic mass is 79.9. The molecule has 0 fully saturated rings. The van der Waals surface area contributed by atoms with Gasteiger partial charge < -0.3 is 19.5 Å². The smallest absolute Gasteiger partial charge is 0.175 e. The van der Waals surface area contributed by atoms with Gasteiger partial charge in [0.2, 0.25) is 0 Å². The van der Waals surface area contributed by atoms with Crippen LogP contribution in [0.1, 0.15) is 5.56 Å². The summed E-state index contributed by atoms with van der Waals surface area (Å²) in [7, 11) is 3.31. The number of hydrogen-bond acceptors (Lipinski definition) is 4. The van der Waals surface area contributed by atoms with E-state index in [4.69, 9.17) is 14.2 Å². The van der Waals surface area contributed by atoms with Crippen LogP contribution in [0.2, 0.25) is 0 Å². The number of benzene rings is 1. The van der Waals surface area contributed by atoms with Gasteiger partial charge in [0.15, 0.2) is 11.5 Å². The molecule has 1 rings (SSSR count). The lowest BCUT2D eigenvalue weighted by Gasteiger charge is -2.14. The van der Waals surface area contributed by atoms with Crippen molar-refractivity contribution < 1.29 is 14.2 Å². The lowest BCUT2D eigenvalue weighted by molar-refractivity contribution is 0.199. The van der Waals surface area contributed by atoms with Crippen LogP contribution in [-0.4, -0.2) is 34.0 Å². The van der Waals surface area contributed by atoms with Crippen LogP contribution in [0.4, 0.5) is 0 Å². The zero-order valence-corrected chi connectivity index (χ0v) is 14.8. The third-order valence-electron chi connectivity index (χ3n) is 2.47. The van der Waals surface area contributed by atoms with Gasteiger partial charge in [-0.3, -0.25) is 0 Å². The molecule has 6 heteroatoms. The van der Waals surface area contributed by atoms with Gasteiger partial charge in [-0.1, -0.05) is 22.5 Å². The third-order valence-corrected chi connectivity index (χ3v) is 3.29. The molecule has 0 bridgehead atoms. The summed E-state index contributed by atoms with van der Waals surface area (Å²) in [4.78, 5) is 0. The molecule has 0 aromatic heterocycles. The Kier molecular flexibility index (Phi) is 8.21. The highest BCUT2D eigenvalue weighted by Gasteiger charge is 2.11. The fraction of sp³-hybridized carbons (Fsp3) is 0.429. The van der Waals surface area contributed by atoms with Crippen molar-refractivity contribution in [1.82, 2.24) is 5.32 Å². The summed E-state index contributed by atoms with van der Waals surface area (Å²) in [5, 5.41) is 3.29. The first-order valence-corrected chi connectivity index (χ1v) is 7.69. The van der Waals surface area contributed by atoms with Crippen molar-refractivity contribution in [3.63, 3.8) is 0 Å². The lowest BCUT2D eigenvalue weighted by atomic mass is 10.2. The first-order chi connectivity index (χ1) is 9.58. The highest BCUT2D eigenvalue weighted by Crippen LogP contribution is 2.37. The maximum absolute atomic E-state index is 5.66. The van der Waals surface area contributed by atoms with Gasteiger partial charge >= 0.3 is 0 Å². The van der Waals surface area contributed by atoms with E-state index in [1.54, 1.807) is 14.2 Å². The van der Waals surface area contributed by atoms with Crippen molar-refractivity contribution in [2.45, 2.75) is 6.54 Å². The number of nitrogens with one attached hydrogen (secondary N) is 1. The molecule has 0 unspecified atom stereocenters. The Morgan fingerprint density at radius 1 is 1.35 bits per heavy atom. The molecule has 4 nitrogen and oxygen atoms in total. The summed E-state index contributed by atoms with van der Waals surface area (Å²) in [6, 6.07) is 3.96. The Labute approximate surface area is 136 Å². The van der Waals surface area contributed by atoms with Crippen LogP contribution in [0.15, 0.2) is 27.7 Å². The molecule has 0 aliphatic heterocycles. The Morgan fingerprint density at radius 2 is 2.10 bits per heavy atom. The minimum Gasteiger partial charge on any atom is -0.493 e. The standard InChI is InChI=1S/C14H19Br2NO3/c1-10(15)9-20-14-12(16)6-11(7-13(14)19-3)8-17-4-5-18-2/h6-7,17H,1,4-5,8-9H2,2-3H3. The molecule has 1 aromatic carbocycles. The zero-order chi connectivity index (χ0) is 15.0. The molecule has 0 saturated heterocycles. The summed E-state index contributed by atoms with van der Waals surface area (Å²) in [6.07, 6.45) is 0. The number of ether oxygens (including phenoxy) is 3. The summed E-state index contributed by atoms with van der Waals surface area (Å²) in [5.74, 6) is 1.37. The van der Waals surface area contributed by atoms with Gasteiger partial charge in [0, 0.05) is 24.7 Å². The fourth-order valence-electron chi connectivity index (χ4n) is 1.57. The van der Waals surface area contributed by atoms with Crippen molar-refractivity contribution in [3.8, 4) is 11.5 Å². The molecule has 0 saturated carbocycles. The van der Waals surface area contributed by atoms with Gasteiger partial charge in [-0.25, -0.2) is 0 Å². The van der Waals surface area contributed by atoms with Gasteiger partial charge in [0.05, 0.1) is 18.2 Å². The van der Waals surface area contributed by atoms with E-state index in [1.165, 1.54) is 0 Å². The molecular formula is C14H19Br2NO3. The van der Waals surface area contributed by atoms with Crippen molar-refractivity contribution in [2.75, 3.05) is 34.0 Å². The van der Waals surface area contributed by atoms with Crippen molar-refractivity contribution in [3.05, 3.63) is 33.2 Å². The molecule has 112 valence electrons. The summed E-state index contributed by atoms with van der Waals surface area (Å²) in [6.45, 7) is 6.36. The molecule has 1 N–H and O–H groups in total. The largest absolute Gasteiger partial charge is 0.493 e. The van der Waals surface area contributed by atoms with Crippen molar-refractivity contribution in [1.29, 1.82) is 0 Å². The molecule has 1 aromatic rings. The van der Waals surface area contributed by atoms with E-state index in [9.17, 15) is 0 Å². The minimum atomic E-state index is 0.389. The second-order valence-electron chi connectivity index (χ2n) is 4.08. The SMILES string of the molecule is C=C(Br)COc1c(Br)cc(CNCCOC)cc1OC. The van der Waals surface area contributed by atoms with E-state index >= 15 is 0 Å². The topological polar surface area (TPSA) is 39.7 Å². The van der Waals surface area contributed by atoms with E-state index in [-0.39, 0.29) is 0 Å². The predicted octanol–water partition coefficient (Wildman–Crippen LogP) is 3.48. The van der Waals surface area contributed by atoms with Gasteiger partial charge in [-0.05, 0) is 33.6 Å². The summed E-state index contributed by atoms with van der Waals surface area (Å²) < 4.78 is 17.7. The molecule has 0 aliphatic rings. The van der Waals surface area contributed by atoms with Gasteiger partial charge in [0.25, 0.3) is 0 Å². The fourth-order valence-corrected chi connectivity index (χ4v) is 2.29. The van der Waals surface area contributed by atoms with Crippen LogP contribution in [0.5, 0.6) is 11.5 Å². The number of rotatable bonds is 9. The summed E-state index contributed by atoms with van der Waals surface area (Å²) in [5.41, 5.74) is 1.11. The number of hydrogen-bond donors (Lipinski definition) is 1. The second-order valence-corrected chi connectivity index (χ2v) is 6.06. The molecule has 0 amide bonds. The lowest BCUT2D eigenvalue weighted by Crippen LogP contribution is -2.18. The maximum Gasteiger partial charge on any atom is 0.175 e. The van der Waals surface area contributed by atoms with Crippen LogP contribution in [0.3, 0.4) is 0 Å². The predicted molar refractivity (Wildman–Crippen MR) is 87.8 cm³/mol. The monoisotopic (exact) mass is 407 g/mol. The van der Waals surface area contributed by atoms with Crippen LogP contribution >= 0.6 is 31.9 Å². The normalized spacial score (nSPS) is 10.4. The third kappa shape index (κ3) is 5.83. The molecule has 0 radical (unpaired) electrons. The average Bonchev–Trinajstić information content (AvgIpc) is 2.41. The van der Waals surface area contributed by atoms with E-state index in [1.807, 2.05) is 12.1 Å². The van der Waals surface area contributed by atoms with Gasteiger partial charge in [0.1, 0.15) is 6.61 Å². The Bertz CT molecular complexity index is 452. The van der Waals surface area contributed by atoms with E-state index in [2.05, 4.69) is 43.8 Å². The first-order valence-electron chi connectivity index (χ1n) is 6.10. The van der Waals surface area contributed by atoms with Crippen LogP contribution in [-0.2, 0) is 11.3 Å². The number of halogens is 2. The van der Waals surface area contributed by atoms with Crippen molar-refractivity contribution >= 4 is 31.9 Å². The Hall–Kier alpha value is -0.560. The van der Waals surface area contributed by atoms with Gasteiger partial charge in [-0.15, -0.1) is 0 Å². The molecular weight excluding hydrogens is 390 g/mol. The molecule has 20 heavy (non-hydrogen) atoms. The van der Waals surface area contributed by atoms with E-state index in [0.29, 0.717) is 24.7 Å². The minimum absolute atomic E-state index is 0.389. The Balaban J connectivity index is 2.75. The highest BCUT2D eigenvalue weighted by molar-refractivity contribution is 9.11. The quantitative estimate of drug-likeness (QED) is 0.635. The maximum atomic E-state index is 5.66. The zero-order valence-electron chi connectivity index (χ0n) is 11.7. The Morgan fingerprint density at radius 3 is 2.70 bits per heavy atom. The van der Waals surface area contributed by atoms with Crippen molar-refractivity contribution in [2.24, 2.45) is 0 Å². The molecule has 0 aliphatic carbocycles. The van der Waals surface area contributed by atoms with Crippen LogP contribution < -0.4 is 14.8 Å². The average molecular weight is 409 g/mol. The molecule has 0 spiro atoms. The van der Waals surface area contributed by atoms with E-state index < -0.39 is 0 Å². The second kappa shape index (κ2) is 9.39. The van der Waals surface area contributed by atoms with E-state index in [0.717, 1.165) is 27.6 Å². The molecule has 0 atom stereocenters. The van der Waals surface area contributed by atoms with Gasteiger partial charge in [-0.2, -0.15) is 0 Å². The number of methoxy groups -OCH3 is 2. The van der Waals surface area contributed by atoms with Crippen LogP contribution in [0.25, 0.3) is 0 Å². The van der Waals surface area contributed by atoms with Crippen LogP contribution in [0, 0.1) is 0 Å². The molecule has 0 heterocycles. The summed E-state index contributed by atoms with van der Waals surface area (Å²) >= 11 is 6.78.